The van der Waals surface area contributed by atoms with Crippen LogP contribution in [0.15, 0.2) is 61.1 Å². The number of nitrogen functional groups attached to an aromatic ring is 1. The van der Waals surface area contributed by atoms with Crippen LogP contribution in [0, 0.1) is 0 Å². The van der Waals surface area contributed by atoms with Gasteiger partial charge in [0.05, 0.1) is 11.1 Å². The minimum absolute atomic E-state index is 0.183. The van der Waals surface area contributed by atoms with Gasteiger partial charge in [0.15, 0.2) is 0 Å². The summed E-state index contributed by atoms with van der Waals surface area (Å²) in [6.45, 7) is 7.62. The van der Waals surface area contributed by atoms with Crippen LogP contribution >= 0.6 is 0 Å². The highest BCUT2D eigenvalue weighted by atomic mass is 16.5. The van der Waals surface area contributed by atoms with Crippen LogP contribution in [0.2, 0.25) is 0 Å². The first-order valence-corrected chi connectivity index (χ1v) is 12.4. The van der Waals surface area contributed by atoms with Crippen molar-refractivity contribution in [2.45, 2.75) is 32.1 Å². The fourth-order valence-corrected chi connectivity index (χ4v) is 4.77. The number of benzene rings is 1. The van der Waals surface area contributed by atoms with Gasteiger partial charge in [0.1, 0.15) is 30.1 Å². The van der Waals surface area contributed by atoms with Gasteiger partial charge >= 0.3 is 0 Å². The van der Waals surface area contributed by atoms with E-state index in [4.69, 9.17) is 10.5 Å². The van der Waals surface area contributed by atoms with E-state index in [0.29, 0.717) is 17.3 Å². The minimum Gasteiger partial charge on any atom is -0.474 e. The smallest absolute Gasteiger partial charge is 0.213 e. The van der Waals surface area contributed by atoms with Gasteiger partial charge in [-0.2, -0.15) is 0 Å². The van der Waals surface area contributed by atoms with Crippen molar-refractivity contribution in [1.29, 1.82) is 0 Å². The van der Waals surface area contributed by atoms with Gasteiger partial charge < -0.3 is 30.4 Å². The molecule has 9 heteroatoms. The molecule has 1 aromatic carbocycles. The molecule has 0 amide bonds. The van der Waals surface area contributed by atoms with Crippen LogP contribution in [0.4, 0.5) is 11.5 Å². The first-order chi connectivity index (χ1) is 17.8. The fourth-order valence-electron chi connectivity index (χ4n) is 4.77. The van der Waals surface area contributed by atoms with Crippen molar-refractivity contribution in [3.8, 4) is 28.3 Å². The van der Waals surface area contributed by atoms with Crippen LogP contribution in [0.1, 0.15) is 19.8 Å². The standard InChI is InChI=1S/C28H33N7O2/c1-17(2)28(36)33-20-8-5-18(6-9-20)25-23(24-26(29)31-16-32-27(24)35(25)4)19-7-10-22(30-15-19)37-21-11-13-34(3)14-12-21/h5-10,15-16,21,28,33,36H,1,11-14H2,2-4H3,(H2,29,31,32). The number of likely N-dealkylation sites (tertiary alicyclic amines) is 1. The Morgan fingerprint density at radius 3 is 2.43 bits per heavy atom. The van der Waals surface area contributed by atoms with E-state index in [2.05, 4.69) is 38.8 Å². The van der Waals surface area contributed by atoms with Crippen LogP contribution in [-0.4, -0.2) is 62.0 Å². The Balaban J connectivity index is 1.52. The van der Waals surface area contributed by atoms with E-state index in [0.717, 1.165) is 65.0 Å². The van der Waals surface area contributed by atoms with E-state index in [1.165, 1.54) is 6.33 Å². The molecule has 0 aliphatic carbocycles. The molecular formula is C28H33N7O2. The van der Waals surface area contributed by atoms with Crippen LogP contribution < -0.4 is 15.8 Å². The summed E-state index contributed by atoms with van der Waals surface area (Å²) >= 11 is 0. The molecule has 192 valence electrons. The van der Waals surface area contributed by atoms with Crippen LogP contribution in [0.25, 0.3) is 33.4 Å². The predicted molar refractivity (Wildman–Crippen MR) is 147 cm³/mol. The van der Waals surface area contributed by atoms with Gasteiger partial charge in [0.2, 0.25) is 5.88 Å². The molecule has 1 unspecified atom stereocenters. The number of aliphatic hydroxyl groups is 1. The number of piperidine rings is 1. The van der Waals surface area contributed by atoms with Gasteiger partial charge in [-0.3, -0.25) is 0 Å². The monoisotopic (exact) mass is 499 g/mol. The van der Waals surface area contributed by atoms with Crippen molar-refractivity contribution < 1.29 is 9.84 Å². The molecule has 37 heavy (non-hydrogen) atoms. The lowest BCUT2D eigenvalue weighted by Crippen LogP contribution is -2.35. The Morgan fingerprint density at radius 2 is 1.78 bits per heavy atom. The maximum atomic E-state index is 10.1. The average Bonchev–Trinajstić information content (AvgIpc) is 3.20. The average molecular weight is 500 g/mol. The Hall–Kier alpha value is -3.95. The molecule has 4 heterocycles. The quantitative estimate of drug-likeness (QED) is 0.258. The number of aryl methyl sites for hydroxylation is 1. The number of nitrogens with zero attached hydrogens (tertiary/aromatic N) is 5. The Labute approximate surface area is 216 Å². The summed E-state index contributed by atoms with van der Waals surface area (Å²) in [5.74, 6) is 1.03. The summed E-state index contributed by atoms with van der Waals surface area (Å²) in [7, 11) is 4.10. The summed E-state index contributed by atoms with van der Waals surface area (Å²) in [5, 5.41) is 13.9. The number of hydrogen-bond acceptors (Lipinski definition) is 8. The second kappa shape index (κ2) is 10.2. The lowest BCUT2D eigenvalue weighted by atomic mass is 10.00. The topological polar surface area (TPSA) is 114 Å². The van der Waals surface area contributed by atoms with Gasteiger partial charge in [-0.05, 0) is 56.1 Å². The molecule has 1 aliphatic rings. The molecule has 4 aromatic rings. The van der Waals surface area contributed by atoms with Crippen molar-refractivity contribution in [1.82, 2.24) is 24.4 Å². The molecule has 1 atom stereocenters. The second-order valence-electron chi connectivity index (χ2n) is 9.72. The summed E-state index contributed by atoms with van der Waals surface area (Å²) in [6, 6.07) is 11.8. The van der Waals surface area contributed by atoms with Crippen LogP contribution in [-0.2, 0) is 7.05 Å². The van der Waals surface area contributed by atoms with Crippen LogP contribution in [0.5, 0.6) is 5.88 Å². The van der Waals surface area contributed by atoms with Gasteiger partial charge in [-0.15, -0.1) is 0 Å². The van der Waals surface area contributed by atoms with Crippen molar-refractivity contribution in [2.75, 3.05) is 31.2 Å². The van der Waals surface area contributed by atoms with E-state index in [1.54, 1.807) is 6.92 Å². The van der Waals surface area contributed by atoms with Crippen molar-refractivity contribution in [3.63, 3.8) is 0 Å². The number of anilines is 2. The Morgan fingerprint density at radius 1 is 1.08 bits per heavy atom. The highest BCUT2D eigenvalue weighted by Gasteiger charge is 2.23. The van der Waals surface area contributed by atoms with Crippen molar-refractivity contribution >= 4 is 22.5 Å². The molecule has 0 bridgehead atoms. The molecular weight excluding hydrogens is 466 g/mol. The van der Waals surface area contributed by atoms with E-state index >= 15 is 0 Å². The highest BCUT2D eigenvalue weighted by molar-refractivity contribution is 6.07. The molecule has 1 saturated heterocycles. The maximum absolute atomic E-state index is 10.1. The number of nitrogens with one attached hydrogen (secondary N) is 1. The highest BCUT2D eigenvalue weighted by Crippen LogP contribution is 2.41. The van der Waals surface area contributed by atoms with E-state index < -0.39 is 6.23 Å². The normalized spacial score (nSPS) is 15.6. The van der Waals surface area contributed by atoms with Gasteiger partial charge in [0.25, 0.3) is 0 Å². The molecule has 4 N–H and O–H groups in total. The Bertz CT molecular complexity index is 1410. The summed E-state index contributed by atoms with van der Waals surface area (Å²) in [6.07, 6.45) is 4.67. The fraction of sp³-hybridized carbons (Fsp3) is 0.321. The SMILES string of the molecule is C=C(C)C(O)Nc1ccc(-c2c(-c3ccc(OC4CCN(C)CC4)nc3)c3c(N)ncnc3n2C)cc1. The van der Waals surface area contributed by atoms with Crippen molar-refractivity contribution in [2.24, 2.45) is 7.05 Å². The lowest BCUT2D eigenvalue weighted by Gasteiger charge is -2.28. The lowest BCUT2D eigenvalue weighted by molar-refractivity contribution is 0.110. The number of nitrogens with two attached hydrogens (primary N) is 1. The number of fused-ring (bicyclic) bond motifs is 1. The van der Waals surface area contributed by atoms with E-state index in [-0.39, 0.29) is 6.10 Å². The summed E-state index contributed by atoms with van der Waals surface area (Å²) < 4.78 is 8.19. The zero-order chi connectivity index (χ0) is 26.1. The van der Waals surface area contributed by atoms with E-state index in [1.807, 2.05) is 54.2 Å². The third-order valence-corrected chi connectivity index (χ3v) is 6.90. The molecule has 0 spiro atoms. The number of aliphatic hydroxyl groups excluding tert-OH is 1. The molecule has 9 nitrogen and oxygen atoms in total. The first-order valence-electron chi connectivity index (χ1n) is 12.4. The third kappa shape index (κ3) is 5.00. The van der Waals surface area contributed by atoms with Crippen molar-refractivity contribution in [3.05, 3.63) is 61.1 Å². The molecule has 0 radical (unpaired) electrons. The minimum atomic E-state index is -0.810. The van der Waals surface area contributed by atoms with E-state index in [9.17, 15) is 5.11 Å². The third-order valence-electron chi connectivity index (χ3n) is 6.90. The van der Waals surface area contributed by atoms with Gasteiger partial charge in [-0.1, -0.05) is 18.7 Å². The largest absolute Gasteiger partial charge is 0.474 e. The molecule has 3 aromatic heterocycles. The maximum Gasteiger partial charge on any atom is 0.213 e. The number of hydrogen-bond donors (Lipinski definition) is 3. The Kier molecular flexibility index (Phi) is 6.82. The van der Waals surface area contributed by atoms with Gasteiger partial charge in [-0.25, -0.2) is 15.0 Å². The molecule has 5 rings (SSSR count). The number of ether oxygens (including phenoxy) is 1. The first kappa shape index (κ1) is 24.7. The second-order valence-corrected chi connectivity index (χ2v) is 9.72. The number of pyridine rings is 1. The van der Waals surface area contributed by atoms with Gasteiger partial charge in [0, 0.05) is 49.2 Å². The molecule has 1 aliphatic heterocycles. The zero-order valence-corrected chi connectivity index (χ0v) is 21.5. The number of aromatic nitrogens is 4. The van der Waals surface area contributed by atoms with Crippen LogP contribution in [0.3, 0.4) is 0 Å². The summed E-state index contributed by atoms with van der Waals surface area (Å²) in [4.78, 5) is 15.7. The summed E-state index contributed by atoms with van der Waals surface area (Å²) in [5.41, 5.74) is 12.3. The molecule has 1 fully saturated rings. The molecule has 0 saturated carbocycles. The predicted octanol–water partition coefficient (Wildman–Crippen LogP) is 4.06. The zero-order valence-electron chi connectivity index (χ0n) is 21.5. The number of rotatable bonds is 7.